The quantitative estimate of drug-likeness (QED) is 0.781. The van der Waals surface area contributed by atoms with Crippen LogP contribution in [0.1, 0.15) is 26.3 Å². The van der Waals surface area contributed by atoms with E-state index < -0.39 is 0 Å². The minimum atomic E-state index is -0.385. The van der Waals surface area contributed by atoms with Gasteiger partial charge in [-0.3, -0.25) is 9.59 Å². The van der Waals surface area contributed by atoms with Crippen LogP contribution in [0.25, 0.3) is 0 Å². The lowest BCUT2D eigenvalue weighted by molar-refractivity contribution is 0.0946. The molecule has 0 aliphatic heterocycles. The van der Waals surface area contributed by atoms with Crippen LogP contribution in [-0.4, -0.2) is 24.0 Å². The van der Waals surface area contributed by atoms with E-state index in [4.69, 9.17) is 0 Å². The fraction of sp³-hybridized carbons (Fsp3) is 0.125. The maximum Gasteiger partial charge on any atom is 0.255 e. The second kappa shape index (κ2) is 7.09. The molecule has 114 valence electrons. The van der Waals surface area contributed by atoms with Gasteiger partial charge in [-0.1, -0.05) is 28.1 Å². The molecule has 2 aromatic carbocycles. The number of phenols is 1. The molecular formula is C16H15BrN2O3. The Hall–Kier alpha value is -2.34. The Kier molecular flexibility index (Phi) is 5.16. The molecule has 2 rings (SSSR count). The summed E-state index contributed by atoms with van der Waals surface area (Å²) in [4.78, 5) is 23.7. The van der Waals surface area contributed by atoms with E-state index in [1.165, 1.54) is 6.07 Å². The van der Waals surface area contributed by atoms with E-state index >= 15 is 0 Å². The molecule has 6 heteroatoms. The van der Waals surface area contributed by atoms with Crippen molar-refractivity contribution in [1.82, 2.24) is 10.6 Å². The molecule has 22 heavy (non-hydrogen) atoms. The van der Waals surface area contributed by atoms with Gasteiger partial charge in [-0.05, 0) is 35.9 Å². The van der Waals surface area contributed by atoms with E-state index in [2.05, 4.69) is 26.6 Å². The van der Waals surface area contributed by atoms with Crippen LogP contribution in [0.15, 0.2) is 46.9 Å². The van der Waals surface area contributed by atoms with Crippen molar-refractivity contribution in [3.63, 3.8) is 0 Å². The molecule has 0 radical (unpaired) electrons. The lowest BCUT2D eigenvalue weighted by atomic mass is 10.1. The van der Waals surface area contributed by atoms with E-state index in [1.807, 2.05) is 6.07 Å². The number of amides is 2. The number of halogens is 1. The van der Waals surface area contributed by atoms with Gasteiger partial charge in [0.15, 0.2) is 0 Å². The van der Waals surface area contributed by atoms with Crippen molar-refractivity contribution in [1.29, 1.82) is 0 Å². The lowest BCUT2D eigenvalue weighted by Crippen LogP contribution is -2.23. The Morgan fingerprint density at radius 1 is 1.14 bits per heavy atom. The zero-order valence-electron chi connectivity index (χ0n) is 11.9. The summed E-state index contributed by atoms with van der Waals surface area (Å²) < 4.78 is 0.706. The van der Waals surface area contributed by atoms with Gasteiger partial charge >= 0.3 is 0 Å². The third-order valence-corrected chi connectivity index (χ3v) is 3.57. The molecule has 0 unspecified atom stereocenters. The Balaban J connectivity index is 2.08. The minimum Gasteiger partial charge on any atom is -0.507 e. The van der Waals surface area contributed by atoms with Crippen molar-refractivity contribution in [3.05, 3.63) is 63.6 Å². The van der Waals surface area contributed by atoms with Crippen LogP contribution in [-0.2, 0) is 6.54 Å². The highest BCUT2D eigenvalue weighted by Gasteiger charge is 2.11. The molecule has 0 fully saturated rings. The topological polar surface area (TPSA) is 78.4 Å². The van der Waals surface area contributed by atoms with Crippen molar-refractivity contribution in [2.45, 2.75) is 6.54 Å². The molecule has 0 aliphatic rings. The number of aromatic hydroxyl groups is 1. The molecular weight excluding hydrogens is 348 g/mol. The molecule has 0 atom stereocenters. The summed E-state index contributed by atoms with van der Waals surface area (Å²) in [7, 11) is 1.56. The number of hydrogen-bond acceptors (Lipinski definition) is 3. The van der Waals surface area contributed by atoms with Crippen LogP contribution >= 0.6 is 15.9 Å². The molecule has 2 amide bonds. The Morgan fingerprint density at radius 3 is 2.64 bits per heavy atom. The number of nitrogens with one attached hydrogen (secondary N) is 2. The summed E-state index contributed by atoms with van der Waals surface area (Å²) in [5, 5.41) is 15.0. The van der Waals surface area contributed by atoms with Crippen LogP contribution in [0.4, 0.5) is 0 Å². The predicted molar refractivity (Wildman–Crippen MR) is 86.8 cm³/mol. The van der Waals surface area contributed by atoms with Gasteiger partial charge in [0.25, 0.3) is 11.8 Å². The smallest absolute Gasteiger partial charge is 0.255 e. The highest BCUT2D eigenvalue weighted by molar-refractivity contribution is 9.10. The first-order valence-electron chi connectivity index (χ1n) is 6.59. The van der Waals surface area contributed by atoms with Gasteiger partial charge < -0.3 is 15.7 Å². The maximum atomic E-state index is 12.1. The first-order chi connectivity index (χ1) is 10.5. The second-order valence-electron chi connectivity index (χ2n) is 4.62. The first-order valence-corrected chi connectivity index (χ1v) is 7.38. The number of phenolic OH excluding ortho intramolecular Hbond substituents is 1. The van der Waals surface area contributed by atoms with Crippen molar-refractivity contribution >= 4 is 27.7 Å². The summed E-state index contributed by atoms with van der Waals surface area (Å²) in [5.74, 6) is -0.651. The summed E-state index contributed by atoms with van der Waals surface area (Å²) in [5.41, 5.74) is 1.51. The normalized spacial score (nSPS) is 10.1. The number of rotatable bonds is 4. The van der Waals surface area contributed by atoms with Crippen molar-refractivity contribution in [2.75, 3.05) is 7.05 Å². The van der Waals surface area contributed by atoms with E-state index in [-0.39, 0.29) is 29.7 Å². The third kappa shape index (κ3) is 3.85. The van der Waals surface area contributed by atoms with E-state index in [0.717, 1.165) is 5.56 Å². The summed E-state index contributed by atoms with van der Waals surface area (Å²) in [6.45, 7) is 0.260. The zero-order chi connectivity index (χ0) is 16.1. The minimum absolute atomic E-state index is 0.0835. The predicted octanol–water partition coefficient (Wildman–Crippen LogP) is 2.44. The zero-order valence-corrected chi connectivity index (χ0v) is 13.5. The monoisotopic (exact) mass is 362 g/mol. The second-order valence-corrected chi connectivity index (χ2v) is 5.54. The first kappa shape index (κ1) is 16.0. The molecule has 0 saturated heterocycles. The average molecular weight is 363 g/mol. The third-order valence-electron chi connectivity index (χ3n) is 3.07. The van der Waals surface area contributed by atoms with Crippen molar-refractivity contribution in [2.24, 2.45) is 0 Å². The number of hydrogen-bond donors (Lipinski definition) is 3. The maximum absolute atomic E-state index is 12.1. The van der Waals surface area contributed by atoms with Gasteiger partial charge in [0.2, 0.25) is 0 Å². The van der Waals surface area contributed by atoms with Gasteiger partial charge in [-0.15, -0.1) is 0 Å². The molecule has 0 bridgehead atoms. The molecule has 0 aromatic heterocycles. The fourth-order valence-corrected chi connectivity index (χ4v) is 2.30. The molecule has 0 aliphatic carbocycles. The van der Waals surface area contributed by atoms with Crippen LogP contribution in [0.2, 0.25) is 0 Å². The van der Waals surface area contributed by atoms with E-state index in [9.17, 15) is 14.7 Å². The Morgan fingerprint density at radius 2 is 1.91 bits per heavy atom. The molecule has 2 aromatic rings. The summed E-state index contributed by atoms with van der Waals surface area (Å²) in [6, 6.07) is 11.6. The molecule has 3 N–H and O–H groups in total. The van der Waals surface area contributed by atoms with Crippen molar-refractivity contribution in [3.8, 4) is 5.75 Å². The number of carbonyl (C=O) groups is 2. The SMILES string of the molecule is CNC(=O)c1cccc(CNC(=O)c2cc(Br)ccc2O)c1. The molecule has 0 heterocycles. The van der Waals surface area contributed by atoms with Gasteiger partial charge in [-0.25, -0.2) is 0 Å². The van der Waals surface area contributed by atoms with Crippen LogP contribution in [0.3, 0.4) is 0 Å². The van der Waals surface area contributed by atoms with Gasteiger partial charge in [0.1, 0.15) is 5.75 Å². The van der Waals surface area contributed by atoms with Crippen LogP contribution in [0.5, 0.6) is 5.75 Å². The van der Waals surface area contributed by atoms with Gasteiger partial charge in [-0.2, -0.15) is 0 Å². The fourth-order valence-electron chi connectivity index (χ4n) is 1.93. The lowest BCUT2D eigenvalue weighted by Gasteiger charge is -2.08. The Labute approximate surface area is 136 Å². The highest BCUT2D eigenvalue weighted by Crippen LogP contribution is 2.21. The summed E-state index contributed by atoms with van der Waals surface area (Å²) in [6.07, 6.45) is 0. The van der Waals surface area contributed by atoms with Gasteiger partial charge in [0, 0.05) is 23.6 Å². The van der Waals surface area contributed by atoms with E-state index in [0.29, 0.717) is 10.0 Å². The molecule has 0 spiro atoms. The van der Waals surface area contributed by atoms with Crippen molar-refractivity contribution < 1.29 is 14.7 Å². The highest BCUT2D eigenvalue weighted by atomic mass is 79.9. The van der Waals surface area contributed by atoms with Gasteiger partial charge in [0.05, 0.1) is 5.56 Å². The standard InChI is InChI=1S/C16H15BrN2O3/c1-18-15(21)11-4-2-3-10(7-11)9-19-16(22)13-8-12(17)5-6-14(13)20/h2-8,20H,9H2,1H3,(H,18,21)(H,19,22). The van der Waals surface area contributed by atoms with Crippen LogP contribution in [0, 0.1) is 0 Å². The Bertz CT molecular complexity index is 716. The molecule has 5 nitrogen and oxygen atoms in total. The summed E-state index contributed by atoms with van der Waals surface area (Å²) >= 11 is 3.26. The molecule has 0 saturated carbocycles. The number of carbonyl (C=O) groups excluding carboxylic acids is 2. The number of benzene rings is 2. The average Bonchev–Trinajstić information content (AvgIpc) is 2.54. The van der Waals surface area contributed by atoms with Crippen LogP contribution < -0.4 is 10.6 Å². The van der Waals surface area contributed by atoms with E-state index in [1.54, 1.807) is 37.4 Å². The largest absolute Gasteiger partial charge is 0.507 e.